The Bertz CT molecular complexity index is 575. The highest BCUT2D eigenvalue weighted by Gasteiger charge is 2.15. The molecule has 0 amide bonds. The van der Waals surface area contributed by atoms with Crippen LogP contribution in [0.1, 0.15) is 32.6 Å². The summed E-state index contributed by atoms with van der Waals surface area (Å²) >= 11 is 10.1. The van der Waals surface area contributed by atoms with E-state index in [0.29, 0.717) is 0 Å². The van der Waals surface area contributed by atoms with Crippen molar-refractivity contribution in [3.05, 3.63) is 69.2 Å². The lowest BCUT2D eigenvalue weighted by Crippen LogP contribution is -1.97. The Balaban J connectivity index is 2.47. The van der Waals surface area contributed by atoms with Gasteiger partial charge in [-0.3, -0.25) is 0 Å². The molecule has 0 fully saturated rings. The zero-order chi connectivity index (χ0) is 13.3. The molecule has 0 nitrogen and oxygen atoms in total. The minimum absolute atomic E-state index is 0.144. The molecule has 2 heteroatoms. The minimum atomic E-state index is 0.144. The van der Waals surface area contributed by atoms with E-state index in [4.69, 9.17) is 11.6 Å². The van der Waals surface area contributed by atoms with Gasteiger partial charge in [-0.2, -0.15) is 0 Å². The van der Waals surface area contributed by atoms with E-state index in [1.165, 1.54) is 22.3 Å². The van der Waals surface area contributed by atoms with Gasteiger partial charge in [0, 0.05) is 5.02 Å². The monoisotopic (exact) mass is 322 g/mol. The Kier molecular flexibility index (Phi) is 4.14. The van der Waals surface area contributed by atoms with Crippen LogP contribution in [0.15, 0.2) is 36.4 Å². The van der Waals surface area contributed by atoms with Crippen LogP contribution in [0, 0.1) is 20.8 Å². The van der Waals surface area contributed by atoms with Gasteiger partial charge in [-0.05, 0) is 49.1 Å². The summed E-state index contributed by atoms with van der Waals surface area (Å²) in [5.74, 6) is 0. The van der Waals surface area contributed by atoms with Crippen molar-refractivity contribution < 1.29 is 0 Å². The largest absolute Gasteiger partial charge is 0.0840 e. The maximum atomic E-state index is 6.34. The smallest absolute Gasteiger partial charge is 0.0661 e. The van der Waals surface area contributed by atoms with Crippen LogP contribution in [-0.2, 0) is 0 Å². The Morgan fingerprint density at radius 1 is 0.889 bits per heavy atom. The lowest BCUT2D eigenvalue weighted by molar-refractivity contribution is 1.13. The van der Waals surface area contributed by atoms with Crippen LogP contribution >= 0.6 is 27.5 Å². The molecular weight excluding hydrogens is 308 g/mol. The highest BCUT2D eigenvalue weighted by molar-refractivity contribution is 9.09. The highest BCUT2D eigenvalue weighted by atomic mass is 79.9. The summed E-state index contributed by atoms with van der Waals surface area (Å²) in [5.41, 5.74) is 6.13. The first-order valence-corrected chi connectivity index (χ1v) is 7.25. The number of hydrogen-bond donors (Lipinski definition) is 0. The van der Waals surface area contributed by atoms with Gasteiger partial charge in [0.05, 0.1) is 4.83 Å². The fraction of sp³-hybridized carbons (Fsp3) is 0.250. The standard InChI is InChI=1S/C16H16BrCl/c1-10-4-6-12(3)14(8-10)16(17)13-7-5-11(2)9-15(13)18/h4-9,16H,1-3H3. The van der Waals surface area contributed by atoms with Gasteiger partial charge in [0.15, 0.2) is 0 Å². The molecule has 0 aromatic heterocycles. The quantitative estimate of drug-likeness (QED) is 0.617. The molecule has 2 aromatic rings. The zero-order valence-electron chi connectivity index (χ0n) is 10.8. The number of aryl methyl sites for hydroxylation is 3. The van der Waals surface area contributed by atoms with Crippen LogP contribution in [0.3, 0.4) is 0 Å². The van der Waals surface area contributed by atoms with Gasteiger partial charge in [0.1, 0.15) is 0 Å². The zero-order valence-corrected chi connectivity index (χ0v) is 13.1. The predicted molar refractivity (Wildman–Crippen MR) is 82.9 cm³/mol. The van der Waals surface area contributed by atoms with Crippen molar-refractivity contribution in [3.8, 4) is 0 Å². The number of benzene rings is 2. The first-order valence-electron chi connectivity index (χ1n) is 5.96. The minimum Gasteiger partial charge on any atom is -0.0840 e. The molecule has 0 aliphatic carbocycles. The Hall–Kier alpha value is -0.790. The van der Waals surface area contributed by atoms with Crippen molar-refractivity contribution in [2.75, 3.05) is 0 Å². The van der Waals surface area contributed by atoms with Crippen LogP contribution < -0.4 is 0 Å². The molecule has 0 N–H and O–H groups in total. The van der Waals surface area contributed by atoms with E-state index in [1.54, 1.807) is 0 Å². The Morgan fingerprint density at radius 2 is 1.50 bits per heavy atom. The summed E-state index contributed by atoms with van der Waals surface area (Å²) in [6.45, 7) is 6.29. The van der Waals surface area contributed by atoms with E-state index >= 15 is 0 Å². The Morgan fingerprint density at radius 3 is 2.17 bits per heavy atom. The molecule has 0 spiro atoms. The molecule has 94 valence electrons. The fourth-order valence-corrected chi connectivity index (χ4v) is 3.41. The lowest BCUT2D eigenvalue weighted by Gasteiger charge is -2.16. The second kappa shape index (κ2) is 5.46. The number of halogens is 2. The van der Waals surface area contributed by atoms with E-state index in [-0.39, 0.29) is 4.83 Å². The molecule has 1 atom stereocenters. The number of hydrogen-bond acceptors (Lipinski definition) is 0. The van der Waals surface area contributed by atoms with Crippen molar-refractivity contribution in [1.82, 2.24) is 0 Å². The van der Waals surface area contributed by atoms with Crippen LogP contribution in [-0.4, -0.2) is 0 Å². The molecule has 0 bridgehead atoms. The Labute approximate surface area is 122 Å². The lowest BCUT2D eigenvalue weighted by atomic mass is 9.98. The molecular formula is C16H16BrCl. The molecule has 1 unspecified atom stereocenters. The van der Waals surface area contributed by atoms with Crippen LogP contribution in [0.2, 0.25) is 5.02 Å². The highest BCUT2D eigenvalue weighted by Crippen LogP contribution is 2.37. The van der Waals surface area contributed by atoms with E-state index < -0.39 is 0 Å². The van der Waals surface area contributed by atoms with Gasteiger partial charge in [0.25, 0.3) is 0 Å². The average molecular weight is 324 g/mol. The molecule has 18 heavy (non-hydrogen) atoms. The summed E-state index contributed by atoms with van der Waals surface area (Å²) in [6, 6.07) is 12.7. The van der Waals surface area contributed by atoms with Gasteiger partial charge < -0.3 is 0 Å². The normalized spacial score (nSPS) is 12.5. The van der Waals surface area contributed by atoms with Crippen molar-refractivity contribution in [3.63, 3.8) is 0 Å². The van der Waals surface area contributed by atoms with E-state index in [1.807, 2.05) is 6.07 Å². The molecule has 0 aliphatic heterocycles. The van der Waals surface area contributed by atoms with Gasteiger partial charge in [-0.1, -0.05) is 63.4 Å². The van der Waals surface area contributed by atoms with Gasteiger partial charge >= 0.3 is 0 Å². The van der Waals surface area contributed by atoms with E-state index in [0.717, 1.165) is 10.6 Å². The van der Waals surface area contributed by atoms with Crippen LogP contribution in [0.25, 0.3) is 0 Å². The summed E-state index contributed by atoms with van der Waals surface area (Å²) < 4.78 is 0. The van der Waals surface area contributed by atoms with Crippen LogP contribution in [0.5, 0.6) is 0 Å². The fourth-order valence-electron chi connectivity index (χ4n) is 2.04. The van der Waals surface area contributed by atoms with Crippen molar-refractivity contribution in [2.24, 2.45) is 0 Å². The molecule has 0 saturated carbocycles. The van der Waals surface area contributed by atoms with Crippen molar-refractivity contribution in [1.29, 1.82) is 0 Å². The first-order chi connectivity index (χ1) is 8.49. The van der Waals surface area contributed by atoms with E-state index in [2.05, 4.69) is 67.0 Å². The van der Waals surface area contributed by atoms with Gasteiger partial charge in [-0.25, -0.2) is 0 Å². The third-order valence-electron chi connectivity index (χ3n) is 3.14. The second-order valence-corrected chi connectivity index (χ2v) is 6.07. The van der Waals surface area contributed by atoms with Gasteiger partial charge in [0.2, 0.25) is 0 Å². The second-order valence-electron chi connectivity index (χ2n) is 4.75. The summed E-state index contributed by atoms with van der Waals surface area (Å²) in [7, 11) is 0. The topological polar surface area (TPSA) is 0 Å². The van der Waals surface area contributed by atoms with Crippen molar-refractivity contribution in [2.45, 2.75) is 25.6 Å². The summed E-state index contributed by atoms with van der Waals surface area (Å²) in [6.07, 6.45) is 0. The average Bonchev–Trinajstić information content (AvgIpc) is 2.31. The molecule has 0 radical (unpaired) electrons. The predicted octanol–water partition coefficient (Wildman–Crippen LogP) is 5.75. The summed E-state index contributed by atoms with van der Waals surface area (Å²) in [5, 5.41) is 0.817. The SMILES string of the molecule is Cc1ccc(C(Br)c2cc(C)ccc2C)c(Cl)c1. The molecule has 0 saturated heterocycles. The third kappa shape index (κ3) is 2.78. The third-order valence-corrected chi connectivity index (χ3v) is 4.45. The first kappa shape index (κ1) is 13.6. The number of rotatable bonds is 2. The maximum absolute atomic E-state index is 6.34. The van der Waals surface area contributed by atoms with Gasteiger partial charge in [-0.15, -0.1) is 0 Å². The maximum Gasteiger partial charge on any atom is 0.0661 e. The molecule has 0 aliphatic rings. The molecule has 0 heterocycles. The number of alkyl halides is 1. The van der Waals surface area contributed by atoms with Crippen molar-refractivity contribution >= 4 is 27.5 Å². The molecule has 2 rings (SSSR count). The summed E-state index contributed by atoms with van der Waals surface area (Å²) in [4.78, 5) is 0.144. The molecule has 2 aromatic carbocycles. The van der Waals surface area contributed by atoms with Crippen LogP contribution in [0.4, 0.5) is 0 Å². The van der Waals surface area contributed by atoms with E-state index in [9.17, 15) is 0 Å².